The van der Waals surface area contributed by atoms with Crippen LogP contribution in [-0.4, -0.2) is 39.0 Å². The Balaban J connectivity index is 0. The highest BCUT2D eigenvalue weighted by molar-refractivity contribution is 6.66. The van der Waals surface area contributed by atoms with E-state index < -0.39 is 8.56 Å². The first-order chi connectivity index (χ1) is 5.68. The fourth-order valence-electron chi connectivity index (χ4n) is 1.20. The Bertz CT molecular complexity index is 104. The number of hydrogen-bond acceptors (Lipinski definition) is 3. The maximum Gasteiger partial charge on any atom is 0.334 e. The molecule has 0 aliphatic rings. The van der Waals surface area contributed by atoms with E-state index in [9.17, 15) is 0 Å². The zero-order valence-corrected chi connectivity index (χ0v) is 9.80. The van der Waals surface area contributed by atoms with E-state index in [2.05, 4.69) is 6.55 Å². The van der Waals surface area contributed by atoms with Crippen molar-refractivity contribution >= 4 is 8.56 Å². The first kappa shape index (κ1) is 15.5. The Hall–Kier alpha value is 0.0569. The van der Waals surface area contributed by atoms with Gasteiger partial charge in [-0.3, -0.25) is 0 Å². The van der Waals surface area contributed by atoms with Crippen LogP contribution in [0.3, 0.4) is 0 Å². The van der Waals surface area contributed by atoms with Crippen LogP contribution in [0, 0.1) is 0 Å². The minimum atomic E-state index is -1.93. The molecule has 0 radical (unpaired) electrons. The molecule has 4 nitrogen and oxygen atoms in total. The molecular weight excluding hydrogens is 188 g/mol. The molecule has 0 aliphatic carbocycles. The molecule has 0 aromatic rings. The second-order valence-corrected chi connectivity index (χ2v) is 6.17. The summed E-state index contributed by atoms with van der Waals surface area (Å²) in [5, 5.41) is 8.68. The van der Waals surface area contributed by atoms with Gasteiger partial charge in [-0.25, -0.2) is 0 Å². The predicted molar refractivity (Wildman–Crippen MR) is 55.0 cm³/mol. The van der Waals surface area contributed by atoms with Gasteiger partial charge in [0.25, 0.3) is 0 Å². The van der Waals surface area contributed by atoms with Crippen LogP contribution in [0.1, 0.15) is 20.3 Å². The number of hydrogen-bond donors (Lipinski definition) is 1. The van der Waals surface area contributed by atoms with Crippen LogP contribution < -0.4 is 0 Å². The lowest BCUT2D eigenvalue weighted by molar-refractivity contribution is 0.184. The number of aliphatic hydroxyl groups excluding tert-OH is 1. The minimum Gasteiger partial charge on any atom is -0.412 e. The standard InChI is InChI=1S/C8H20O3Si.H2O/c1-4-10-12(3,11-5-2)8-6-7-9;/h9H,4-8H2,1-3H3;1H2. The van der Waals surface area contributed by atoms with E-state index in [1.54, 1.807) is 0 Å². The molecule has 13 heavy (non-hydrogen) atoms. The molecule has 0 amide bonds. The van der Waals surface area contributed by atoms with Gasteiger partial charge >= 0.3 is 8.56 Å². The van der Waals surface area contributed by atoms with Gasteiger partial charge in [0.1, 0.15) is 0 Å². The molecule has 5 heteroatoms. The fraction of sp³-hybridized carbons (Fsp3) is 1.00. The quantitative estimate of drug-likeness (QED) is 0.628. The smallest absolute Gasteiger partial charge is 0.334 e. The lowest BCUT2D eigenvalue weighted by atomic mass is 10.5. The summed E-state index contributed by atoms with van der Waals surface area (Å²) in [5.41, 5.74) is 0. The summed E-state index contributed by atoms with van der Waals surface area (Å²) in [5.74, 6) is 0. The van der Waals surface area contributed by atoms with Crippen molar-refractivity contribution in [3.63, 3.8) is 0 Å². The normalized spacial score (nSPS) is 11.1. The van der Waals surface area contributed by atoms with Crippen molar-refractivity contribution in [2.75, 3.05) is 19.8 Å². The van der Waals surface area contributed by atoms with Crippen LogP contribution in [0.2, 0.25) is 12.6 Å². The molecule has 0 atom stereocenters. The minimum absolute atomic E-state index is 0. The largest absolute Gasteiger partial charge is 0.412 e. The summed E-state index contributed by atoms with van der Waals surface area (Å²) < 4.78 is 11.2. The molecule has 0 saturated carbocycles. The van der Waals surface area contributed by atoms with Crippen molar-refractivity contribution in [2.45, 2.75) is 32.9 Å². The fourth-order valence-corrected chi connectivity index (χ4v) is 3.59. The van der Waals surface area contributed by atoms with Gasteiger partial charge in [-0.1, -0.05) is 0 Å². The third-order valence-electron chi connectivity index (χ3n) is 1.69. The SMILES string of the molecule is CCO[Si](C)(CCCO)OCC.O. The molecule has 0 unspecified atom stereocenters. The molecule has 0 heterocycles. The zero-order valence-electron chi connectivity index (χ0n) is 8.80. The van der Waals surface area contributed by atoms with Crippen molar-refractivity contribution in [1.29, 1.82) is 0 Å². The Kier molecular flexibility index (Phi) is 10.3. The van der Waals surface area contributed by atoms with Crippen LogP contribution in [0.5, 0.6) is 0 Å². The Morgan fingerprint density at radius 1 is 1.15 bits per heavy atom. The molecule has 0 aromatic heterocycles. The summed E-state index contributed by atoms with van der Waals surface area (Å²) in [6.45, 7) is 7.63. The van der Waals surface area contributed by atoms with Crippen molar-refractivity contribution in [3.8, 4) is 0 Å². The summed E-state index contributed by atoms with van der Waals surface area (Å²) in [4.78, 5) is 0. The van der Waals surface area contributed by atoms with Crippen molar-refractivity contribution in [2.24, 2.45) is 0 Å². The average Bonchev–Trinajstić information content (AvgIpc) is 2.02. The molecule has 0 rings (SSSR count). The van der Waals surface area contributed by atoms with Crippen LogP contribution >= 0.6 is 0 Å². The second-order valence-electron chi connectivity index (χ2n) is 2.83. The van der Waals surface area contributed by atoms with Crippen molar-refractivity contribution in [1.82, 2.24) is 0 Å². The van der Waals surface area contributed by atoms with Gasteiger partial charge < -0.3 is 19.4 Å². The Morgan fingerprint density at radius 2 is 1.62 bits per heavy atom. The van der Waals surface area contributed by atoms with Crippen LogP contribution in [0.15, 0.2) is 0 Å². The Labute approximate surface area is 81.4 Å². The van der Waals surface area contributed by atoms with Gasteiger partial charge in [-0.05, 0) is 32.9 Å². The first-order valence-electron chi connectivity index (χ1n) is 4.57. The number of aliphatic hydroxyl groups is 1. The van der Waals surface area contributed by atoms with E-state index in [1.807, 2.05) is 13.8 Å². The highest BCUT2D eigenvalue weighted by atomic mass is 28.4. The highest BCUT2D eigenvalue weighted by Gasteiger charge is 2.29. The van der Waals surface area contributed by atoms with Gasteiger partial charge in [0.15, 0.2) is 0 Å². The molecule has 3 N–H and O–H groups in total. The molecule has 0 aromatic carbocycles. The molecule has 82 valence electrons. The Morgan fingerprint density at radius 3 is 1.92 bits per heavy atom. The van der Waals surface area contributed by atoms with E-state index in [0.717, 1.165) is 12.5 Å². The maximum absolute atomic E-state index is 8.68. The summed E-state index contributed by atoms with van der Waals surface area (Å²) in [7, 11) is -1.93. The monoisotopic (exact) mass is 210 g/mol. The molecule has 0 aliphatic heterocycles. The topological polar surface area (TPSA) is 70.2 Å². The third-order valence-corrected chi connectivity index (χ3v) is 4.75. The van der Waals surface area contributed by atoms with Gasteiger partial charge in [0.05, 0.1) is 0 Å². The lowest BCUT2D eigenvalue weighted by Crippen LogP contribution is -2.38. The molecular formula is C8H22O4Si. The van der Waals surface area contributed by atoms with Gasteiger partial charge in [0.2, 0.25) is 0 Å². The molecule has 0 fully saturated rings. The molecule has 0 saturated heterocycles. The maximum atomic E-state index is 8.68. The first-order valence-corrected chi connectivity index (χ1v) is 7.09. The van der Waals surface area contributed by atoms with Gasteiger partial charge in [0, 0.05) is 19.8 Å². The summed E-state index contributed by atoms with van der Waals surface area (Å²) in [6, 6.07) is 0.880. The van der Waals surface area contributed by atoms with Crippen LogP contribution in [0.4, 0.5) is 0 Å². The highest BCUT2D eigenvalue weighted by Crippen LogP contribution is 2.15. The van der Waals surface area contributed by atoms with E-state index >= 15 is 0 Å². The van der Waals surface area contributed by atoms with Gasteiger partial charge in [-0.2, -0.15) is 0 Å². The van der Waals surface area contributed by atoms with Crippen LogP contribution in [-0.2, 0) is 8.85 Å². The van der Waals surface area contributed by atoms with Gasteiger partial charge in [-0.15, -0.1) is 0 Å². The lowest BCUT2D eigenvalue weighted by Gasteiger charge is -2.25. The zero-order chi connectivity index (χ0) is 9.45. The van der Waals surface area contributed by atoms with E-state index in [1.165, 1.54) is 0 Å². The van der Waals surface area contributed by atoms with E-state index in [0.29, 0.717) is 13.2 Å². The van der Waals surface area contributed by atoms with Crippen molar-refractivity contribution in [3.05, 3.63) is 0 Å². The van der Waals surface area contributed by atoms with Crippen molar-refractivity contribution < 1.29 is 19.4 Å². The van der Waals surface area contributed by atoms with Crippen LogP contribution in [0.25, 0.3) is 0 Å². The molecule has 0 bridgehead atoms. The predicted octanol–water partition coefficient (Wildman–Crippen LogP) is 0.689. The molecule has 0 spiro atoms. The van der Waals surface area contributed by atoms with E-state index in [-0.39, 0.29) is 12.1 Å². The summed E-state index contributed by atoms with van der Waals surface area (Å²) >= 11 is 0. The second kappa shape index (κ2) is 8.65. The third kappa shape index (κ3) is 7.15. The van der Waals surface area contributed by atoms with E-state index in [4.69, 9.17) is 14.0 Å². The summed E-state index contributed by atoms with van der Waals surface area (Å²) in [6.07, 6.45) is 0.780. The number of rotatable bonds is 7. The average molecular weight is 210 g/mol.